The summed E-state index contributed by atoms with van der Waals surface area (Å²) in [6.07, 6.45) is 0.425. The molecule has 0 unspecified atom stereocenters. The molecule has 2 aromatic rings. The Bertz CT molecular complexity index is 1030. The molecule has 1 saturated heterocycles. The molecule has 2 aliphatic rings. The van der Waals surface area contributed by atoms with Crippen LogP contribution in [0.4, 0.5) is 0 Å². The number of hydrogen-bond donors (Lipinski definition) is 0. The third-order valence-electron chi connectivity index (χ3n) is 5.63. The van der Waals surface area contributed by atoms with Gasteiger partial charge in [0.25, 0.3) is 0 Å². The molecule has 3 atom stereocenters. The zero-order chi connectivity index (χ0) is 19.6. The molecular formula is C20H20BrNO4S. The van der Waals surface area contributed by atoms with Crippen LogP contribution in [0.1, 0.15) is 30.4 Å². The summed E-state index contributed by atoms with van der Waals surface area (Å²) in [7, 11) is -2.24. The Balaban J connectivity index is 1.90. The van der Waals surface area contributed by atoms with Gasteiger partial charge in [-0.25, -0.2) is 8.42 Å². The number of nitrogens with zero attached hydrogens (tertiary/aromatic N) is 1. The molecule has 2 aliphatic heterocycles. The van der Waals surface area contributed by atoms with Crippen LogP contribution in [0.5, 0.6) is 5.75 Å². The molecule has 2 heterocycles. The Morgan fingerprint density at radius 2 is 1.85 bits per heavy atom. The Labute approximate surface area is 167 Å². The van der Waals surface area contributed by atoms with Crippen molar-refractivity contribution in [3.63, 3.8) is 0 Å². The first-order valence-corrected chi connectivity index (χ1v) is 11.0. The summed E-state index contributed by atoms with van der Waals surface area (Å²) in [5.74, 6) is -0.272. The molecule has 5 nitrogen and oxygen atoms in total. The highest BCUT2D eigenvalue weighted by Crippen LogP contribution is 2.50. The lowest BCUT2D eigenvalue weighted by Gasteiger charge is -2.51. The molecule has 7 heteroatoms. The average molecular weight is 450 g/mol. The van der Waals surface area contributed by atoms with E-state index in [1.54, 1.807) is 31.3 Å². The minimum absolute atomic E-state index is 0.173. The molecule has 0 aromatic heterocycles. The van der Waals surface area contributed by atoms with Crippen LogP contribution in [-0.2, 0) is 14.6 Å². The van der Waals surface area contributed by atoms with Gasteiger partial charge in [0.05, 0.1) is 4.90 Å². The van der Waals surface area contributed by atoms with Gasteiger partial charge in [0, 0.05) is 29.4 Å². The van der Waals surface area contributed by atoms with Crippen LogP contribution < -0.4 is 4.74 Å². The third kappa shape index (κ3) is 2.79. The van der Waals surface area contributed by atoms with E-state index in [-0.39, 0.29) is 4.90 Å². The van der Waals surface area contributed by atoms with Crippen LogP contribution in [0.25, 0.3) is 0 Å². The number of aryl methyl sites for hydroxylation is 1. The quantitative estimate of drug-likeness (QED) is 0.701. The highest BCUT2D eigenvalue weighted by Gasteiger charge is 2.57. The van der Waals surface area contributed by atoms with Crippen LogP contribution in [0, 0.1) is 6.92 Å². The predicted molar refractivity (Wildman–Crippen MR) is 105 cm³/mol. The minimum atomic E-state index is -3.86. The molecule has 2 bridgehead atoms. The van der Waals surface area contributed by atoms with Gasteiger partial charge < -0.3 is 9.64 Å². The highest BCUT2D eigenvalue weighted by atomic mass is 79.9. The van der Waals surface area contributed by atoms with Crippen molar-refractivity contribution in [2.24, 2.45) is 0 Å². The van der Waals surface area contributed by atoms with E-state index in [2.05, 4.69) is 15.9 Å². The van der Waals surface area contributed by atoms with E-state index in [0.717, 1.165) is 15.6 Å². The second-order valence-corrected chi connectivity index (χ2v) is 10.4. The third-order valence-corrected chi connectivity index (χ3v) is 8.25. The number of likely N-dealkylation sites (tertiary alicyclic amines) is 1. The van der Waals surface area contributed by atoms with Gasteiger partial charge >= 0.3 is 0 Å². The molecule has 27 heavy (non-hydrogen) atoms. The number of piperidine rings is 1. The minimum Gasteiger partial charge on any atom is -0.468 e. The SMILES string of the molecule is Cc1ccc(S(=O)(=O)[C@@H]2C(=O)N(C)[C@]3(C)C[C@H]2c2cc(Br)ccc2O3)cc1. The standard InChI is InChI=1S/C20H20BrNO4S/c1-12-4-7-14(8-5-12)27(24,25)18-16-11-20(2,22(3)19(18)23)26-17-9-6-13(21)10-15(16)17/h4-10,16,18H,11H2,1-3H3/t16-,18-,20-/m0/s1. The first-order valence-electron chi connectivity index (χ1n) is 8.70. The number of halogens is 1. The number of carbonyl (C=O) groups excluding carboxylic acids is 1. The first kappa shape index (κ1) is 18.5. The van der Waals surface area contributed by atoms with Gasteiger partial charge in [0.1, 0.15) is 5.75 Å². The molecule has 1 amide bonds. The second kappa shape index (κ2) is 6.07. The van der Waals surface area contributed by atoms with Crippen LogP contribution in [0.15, 0.2) is 51.8 Å². The van der Waals surface area contributed by atoms with Crippen molar-refractivity contribution in [1.82, 2.24) is 4.90 Å². The fourth-order valence-corrected chi connectivity index (χ4v) is 6.28. The van der Waals surface area contributed by atoms with E-state index in [0.29, 0.717) is 12.2 Å². The average Bonchev–Trinajstić information content (AvgIpc) is 2.61. The highest BCUT2D eigenvalue weighted by molar-refractivity contribution is 9.10. The molecular weight excluding hydrogens is 430 g/mol. The van der Waals surface area contributed by atoms with Crippen molar-refractivity contribution in [2.45, 2.75) is 42.1 Å². The van der Waals surface area contributed by atoms with E-state index >= 15 is 0 Å². The van der Waals surface area contributed by atoms with Gasteiger partial charge in [0.15, 0.2) is 20.8 Å². The Morgan fingerprint density at radius 1 is 1.19 bits per heavy atom. The molecule has 4 rings (SSSR count). The lowest BCUT2D eigenvalue weighted by molar-refractivity contribution is -0.159. The summed E-state index contributed by atoms with van der Waals surface area (Å²) in [5.41, 5.74) is 0.861. The first-order chi connectivity index (χ1) is 12.6. The number of ether oxygens (including phenoxy) is 1. The van der Waals surface area contributed by atoms with E-state index < -0.39 is 32.6 Å². The number of rotatable bonds is 2. The lowest BCUT2D eigenvalue weighted by atomic mass is 9.80. The predicted octanol–water partition coefficient (Wildman–Crippen LogP) is 3.65. The molecule has 0 radical (unpaired) electrons. The lowest BCUT2D eigenvalue weighted by Crippen LogP contribution is -2.64. The molecule has 142 valence electrons. The van der Waals surface area contributed by atoms with Gasteiger partial charge in [-0.3, -0.25) is 4.79 Å². The monoisotopic (exact) mass is 449 g/mol. The van der Waals surface area contributed by atoms with Gasteiger partial charge in [-0.05, 0) is 44.2 Å². The second-order valence-electron chi connectivity index (χ2n) is 7.45. The number of fused-ring (bicyclic) bond motifs is 4. The maximum absolute atomic E-state index is 13.5. The summed E-state index contributed by atoms with van der Waals surface area (Å²) in [6.45, 7) is 3.73. The molecule has 1 fully saturated rings. The smallest absolute Gasteiger partial charge is 0.244 e. The van der Waals surface area contributed by atoms with Crippen LogP contribution >= 0.6 is 15.9 Å². The normalized spacial score (nSPS) is 27.1. The number of sulfone groups is 1. The zero-order valence-corrected chi connectivity index (χ0v) is 17.7. The Hall–Kier alpha value is -1.86. The fourth-order valence-electron chi connectivity index (χ4n) is 3.99. The number of carbonyl (C=O) groups is 1. The van der Waals surface area contributed by atoms with Crippen molar-refractivity contribution in [3.05, 3.63) is 58.1 Å². The van der Waals surface area contributed by atoms with E-state index in [9.17, 15) is 13.2 Å². The summed E-state index contributed by atoms with van der Waals surface area (Å²) >= 11 is 3.44. The maximum atomic E-state index is 13.5. The summed E-state index contributed by atoms with van der Waals surface area (Å²) in [4.78, 5) is 14.8. The molecule has 0 aliphatic carbocycles. The van der Waals surface area contributed by atoms with Crippen LogP contribution in [-0.4, -0.2) is 37.2 Å². The number of amides is 1. The largest absolute Gasteiger partial charge is 0.468 e. The molecule has 2 aromatic carbocycles. The van der Waals surface area contributed by atoms with E-state index in [4.69, 9.17) is 4.74 Å². The van der Waals surface area contributed by atoms with E-state index in [1.165, 1.54) is 4.90 Å². The summed E-state index contributed by atoms with van der Waals surface area (Å²) in [6, 6.07) is 12.2. The van der Waals surface area contributed by atoms with Crippen molar-refractivity contribution in [2.75, 3.05) is 7.05 Å². The molecule has 0 saturated carbocycles. The van der Waals surface area contributed by atoms with Gasteiger partial charge in [-0.1, -0.05) is 33.6 Å². The van der Waals surface area contributed by atoms with Crippen molar-refractivity contribution in [3.8, 4) is 5.75 Å². The summed E-state index contributed by atoms with van der Waals surface area (Å²) < 4.78 is 33.8. The molecule has 0 spiro atoms. The Morgan fingerprint density at radius 3 is 2.52 bits per heavy atom. The van der Waals surface area contributed by atoms with Crippen molar-refractivity contribution in [1.29, 1.82) is 0 Å². The Kier molecular flexibility index (Phi) is 4.16. The van der Waals surface area contributed by atoms with Gasteiger partial charge in [-0.2, -0.15) is 0 Å². The van der Waals surface area contributed by atoms with Crippen LogP contribution in [0.3, 0.4) is 0 Å². The van der Waals surface area contributed by atoms with Crippen molar-refractivity contribution >= 4 is 31.7 Å². The van der Waals surface area contributed by atoms with E-state index in [1.807, 2.05) is 32.0 Å². The van der Waals surface area contributed by atoms with Crippen molar-refractivity contribution < 1.29 is 17.9 Å². The number of benzene rings is 2. The molecule has 0 N–H and O–H groups in total. The summed E-state index contributed by atoms with van der Waals surface area (Å²) in [5, 5.41) is -1.17. The maximum Gasteiger partial charge on any atom is 0.244 e. The topological polar surface area (TPSA) is 63.7 Å². The van der Waals surface area contributed by atoms with Gasteiger partial charge in [0.2, 0.25) is 5.91 Å². The fraction of sp³-hybridized carbons (Fsp3) is 0.350. The van der Waals surface area contributed by atoms with Gasteiger partial charge in [-0.15, -0.1) is 0 Å². The number of hydrogen-bond acceptors (Lipinski definition) is 4. The van der Waals surface area contributed by atoms with Crippen LogP contribution in [0.2, 0.25) is 0 Å². The zero-order valence-electron chi connectivity index (χ0n) is 15.3.